The van der Waals surface area contributed by atoms with Crippen molar-refractivity contribution in [1.29, 1.82) is 0 Å². The third kappa shape index (κ3) is 7.63. The fraction of sp³-hybridized carbons (Fsp3) is 0.571. The average molecular weight is 408 g/mol. The highest BCUT2D eigenvalue weighted by atomic mass is 16.5. The van der Waals surface area contributed by atoms with Gasteiger partial charge in [0.05, 0.1) is 14.2 Å². The van der Waals surface area contributed by atoms with Crippen LogP contribution in [0.25, 0.3) is 0 Å². The largest absolute Gasteiger partial charge is 0.497 e. The molecule has 8 heteroatoms. The first-order valence-electron chi connectivity index (χ1n) is 9.54. The van der Waals surface area contributed by atoms with Crippen molar-refractivity contribution >= 4 is 17.7 Å². The van der Waals surface area contributed by atoms with Gasteiger partial charge in [-0.2, -0.15) is 0 Å². The van der Waals surface area contributed by atoms with Crippen molar-refractivity contribution in [3.63, 3.8) is 0 Å². The van der Waals surface area contributed by atoms with Crippen molar-refractivity contribution in [2.75, 3.05) is 14.2 Å². The Morgan fingerprint density at radius 3 is 1.79 bits per heavy atom. The minimum atomic E-state index is -0.815. The van der Waals surface area contributed by atoms with E-state index in [9.17, 15) is 14.4 Å². The maximum atomic E-state index is 12.7. The molecule has 0 spiro atoms. The standard InChI is InChI=1S/C21H33N3O5/c1-12(2)17(20(27)22-13(3)18(25)24-21(4,5)6)23-19(26)14-9-15(28-7)11-16(10-14)29-8/h9-13,17H,1-8H3,(H,22,27)(H,23,26)(H,24,25). The molecular weight excluding hydrogens is 374 g/mol. The molecule has 8 nitrogen and oxygen atoms in total. The molecule has 0 radical (unpaired) electrons. The first-order chi connectivity index (χ1) is 13.4. The summed E-state index contributed by atoms with van der Waals surface area (Å²) in [4.78, 5) is 37.7. The van der Waals surface area contributed by atoms with E-state index in [0.717, 1.165) is 0 Å². The summed E-state index contributed by atoms with van der Waals surface area (Å²) < 4.78 is 10.4. The summed E-state index contributed by atoms with van der Waals surface area (Å²) in [7, 11) is 2.98. The highest BCUT2D eigenvalue weighted by molar-refractivity contribution is 5.99. The molecule has 29 heavy (non-hydrogen) atoms. The normalized spacial score (nSPS) is 13.3. The molecule has 0 saturated heterocycles. The highest BCUT2D eigenvalue weighted by Gasteiger charge is 2.28. The topological polar surface area (TPSA) is 106 Å². The van der Waals surface area contributed by atoms with Crippen LogP contribution in [0.15, 0.2) is 18.2 Å². The molecular formula is C21H33N3O5. The van der Waals surface area contributed by atoms with Gasteiger partial charge in [0.2, 0.25) is 11.8 Å². The summed E-state index contributed by atoms with van der Waals surface area (Å²) in [6, 6.07) is 3.22. The number of ether oxygens (including phenoxy) is 2. The molecule has 0 saturated carbocycles. The van der Waals surface area contributed by atoms with E-state index >= 15 is 0 Å². The Bertz CT molecular complexity index is 718. The number of rotatable bonds is 8. The molecule has 0 aliphatic carbocycles. The van der Waals surface area contributed by atoms with E-state index in [2.05, 4.69) is 16.0 Å². The zero-order chi connectivity index (χ0) is 22.4. The maximum absolute atomic E-state index is 12.7. The van der Waals surface area contributed by atoms with E-state index in [1.165, 1.54) is 14.2 Å². The summed E-state index contributed by atoms with van der Waals surface area (Å²) in [5.74, 6) is -0.427. The molecule has 3 amide bonds. The summed E-state index contributed by atoms with van der Waals surface area (Å²) >= 11 is 0. The van der Waals surface area contributed by atoms with Crippen LogP contribution >= 0.6 is 0 Å². The van der Waals surface area contributed by atoms with Crippen LogP contribution in [0.5, 0.6) is 11.5 Å². The van der Waals surface area contributed by atoms with Crippen molar-refractivity contribution < 1.29 is 23.9 Å². The molecule has 0 bridgehead atoms. The second-order valence-electron chi connectivity index (χ2n) is 8.27. The first-order valence-corrected chi connectivity index (χ1v) is 9.54. The third-order valence-electron chi connectivity index (χ3n) is 4.10. The Labute approximate surface area is 172 Å². The van der Waals surface area contributed by atoms with Gasteiger partial charge in [-0.25, -0.2) is 0 Å². The number of carbonyl (C=O) groups is 3. The fourth-order valence-electron chi connectivity index (χ4n) is 2.54. The second-order valence-corrected chi connectivity index (χ2v) is 8.27. The Balaban J connectivity index is 2.91. The third-order valence-corrected chi connectivity index (χ3v) is 4.10. The van der Waals surface area contributed by atoms with Crippen LogP contribution in [0, 0.1) is 5.92 Å². The van der Waals surface area contributed by atoms with E-state index in [1.807, 2.05) is 34.6 Å². The van der Waals surface area contributed by atoms with Crippen LogP contribution in [-0.4, -0.2) is 49.6 Å². The van der Waals surface area contributed by atoms with Gasteiger partial charge in [0.25, 0.3) is 5.91 Å². The van der Waals surface area contributed by atoms with Gasteiger partial charge >= 0.3 is 0 Å². The number of carbonyl (C=O) groups excluding carboxylic acids is 3. The first kappa shape index (κ1) is 24.3. The van der Waals surface area contributed by atoms with E-state index < -0.39 is 29.4 Å². The lowest BCUT2D eigenvalue weighted by Gasteiger charge is -2.26. The van der Waals surface area contributed by atoms with Crippen molar-refractivity contribution in [3.8, 4) is 11.5 Å². The molecule has 1 aromatic carbocycles. The molecule has 0 aromatic heterocycles. The van der Waals surface area contributed by atoms with Crippen LogP contribution < -0.4 is 25.4 Å². The smallest absolute Gasteiger partial charge is 0.252 e. The molecule has 1 aromatic rings. The molecule has 0 aliphatic heterocycles. The van der Waals surface area contributed by atoms with E-state index in [1.54, 1.807) is 25.1 Å². The van der Waals surface area contributed by atoms with Crippen LogP contribution in [0.3, 0.4) is 0 Å². The molecule has 2 unspecified atom stereocenters. The van der Waals surface area contributed by atoms with Crippen molar-refractivity contribution in [2.24, 2.45) is 5.92 Å². The highest BCUT2D eigenvalue weighted by Crippen LogP contribution is 2.22. The summed E-state index contributed by atoms with van der Waals surface area (Å²) in [6.45, 7) is 10.8. The SMILES string of the molecule is COc1cc(OC)cc(C(=O)NC(C(=O)NC(C)C(=O)NC(C)(C)C)C(C)C)c1. The monoisotopic (exact) mass is 407 g/mol. The van der Waals surface area contributed by atoms with E-state index in [4.69, 9.17) is 9.47 Å². The summed E-state index contributed by atoms with van der Waals surface area (Å²) in [5.41, 5.74) is -0.106. The van der Waals surface area contributed by atoms with Gasteiger partial charge in [-0.1, -0.05) is 13.8 Å². The number of benzene rings is 1. The van der Waals surface area contributed by atoms with Crippen molar-refractivity contribution in [1.82, 2.24) is 16.0 Å². The van der Waals surface area contributed by atoms with Crippen molar-refractivity contribution in [2.45, 2.75) is 59.2 Å². The Kier molecular flexibility index (Phi) is 8.48. The summed E-state index contributed by atoms with van der Waals surface area (Å²) in [5, 5.41) is 8.22. The quantitative estimate of drug-likeness (QED) is 0.610. The van der Waals surface area contributed by atoms with Gasteiger partial charge < -0.3 is 25.4 Å². The molecule has 1 rings (SSSR count). The Morgan fingerprint density at radius 1 is 0.862 bits per heavy atom. The predicted octanol–water partition coefficient (Wildman–Crippen LogP) is 1.88. The number of nitrogens with one attached hydrogen (secondary N) is 3. The van der Waals surface area contributed by atoms with Gasteiger partial charge in [0.15, 0.2) is 0 Å². The maximum Gasteiger partial charge on any atom is 0.252 e. The minimum Gasteiger partial charge on any atom is -0.497 e. The van der Waals surface area contributed by atoms with E-state index in [-0.39, 0.29) is 11.8 Å². The lowest BCUT2D eigenvalue weighted by Crippen LogP contribution is -2.56. The fourth-order valence-corrected chi connectivity index (χ4v) is 2.54. The predicted molar refractivity (Wildman–Crippen MR) is 111 cm³/mol. The number of hydrogen-bond donors (Lipinski definition) is 3. The van der Waals surface area contributed by atoms with Gasteiger partial charge in [0.1, 0.15) is 23.6 Å². The number of amides is 3. The zero-order valence-corrected chi connectivity index (χ0v) is 18.5. The number of hydrogen-bond acceptors (Lipinski definition) is 5. The lowest BCUT2D eigenvalue weighted by molar-refractivity contribution is -0.130. The molecule has 3 N–H and O–H groups in total. The zero-order valence-electron chi connectivity index (χ0n) is 18.5. The number of methoxy groups -OCH3 is 2. The van der Waals surface area contributed by atoms with E-state index in [0.29, 0.717) is 17.1 Å². The molecule has 0 fully saturated rings. The van der Waals surface area contributed by atoms with Gasteiger partial charge in [-0.15, -0.1) is 0 Å². The molecule has 2 atom stereocenters. The van der Waals surface area contributed by atoms with Gasteiger partial charge in [0, 0.05) is 17.2 Å². The average Bonchev–Trinajstić information content (AvgIpc) is 2.63. The van der Waals surface area contributed by atoms with Crippen LogP contribution in [0.2, 0.25) is 0 Å². The molecule has 0 aliphatic rings. The lowest BCUT2D eigenvalue weighted by atomic mass is 10.0. The molecule has 0 heterocycles. The van der Waals surface area contributed by atoms with Crippen molar-refractivity contribution in [3.05, 3.63) is 23.8 Å². The minimum absolute atomic E-state index is 0.190. The molecule has 162 valence electrons. The second kappa shape index (κ2) is 10.1. The Hall–Kier alpha value is -2.77. The van der Waals surface area contributed by atoms with Gasteiger partial charge in [-0.3, -0.25) is 14.4 Å². The van der Waals surface area contributed by atoms with Crippen LogP contribution in [-0.2, 0) is 9.59 Å². The Morgan fingerprint density at radius 2 is 1.38 bits per heavy atom. The van der Waals surface area contributed by atoms with Gasteiger partial charge in [-0.05, 0) is 45.7 Å². The summed E-state index contributed by atoms with van der Waals surface area (Å²) in [6.07, 6.45) is 0. The van der Waals surface area contributed by atoms with Crippen LogP contribution in [0.1, 0.15) is 51.9 Å². The van der Waals surface area contributed by atoms with Crippen LogP contribution in [0.4, 0.5) is 0 Å².